The van der Waals surface area contributed by atoms with Crippen molar-refractivity contribution in [1.82, 2.24) is 15.5 Å². The van der Waals surface area contributed by atoms with E-state index in [1.54, 1.807) is 0 Å². The number of rotatable bonds is 13. The van der Waals surface area contributed by atoms with E-state index in [9.17, 15) is 4.79 Å². The zero-order chi connectivity index (χ0) is 22.3. The molecule has 1 aromatic carbocycles. The van der Waals surface area contributed by atoms with E-state index < -0.39 is 0 Å². The molecule has 1 amide bonds. The number of nitrogens with two attached hydrogens (primary N) is 1. The highest BCUT2D eigenvalue weighted by molar-refractivity contribution is 5.79. The lowest BCUT2D eigenvalue weighted by atomic mass is 9.96. The smallest absolute Gasteiger partial charge is 0.220 e. The lowest BCUT2D eigenvalue weighted by molar-refractivity contribution is -0.123. The van der Waals surface area contributed by atoms with Crippen LogP contribution in [0, 0.1) is 5.92 Å². The molecule has 1 atom stereocenters. The van der Waals surface area contributed by atoms with Crippen LogP contribution in [0.3, 0.4) is 0 Å². The van der Waals surface area contributed by atoms with Gasteiger partial charge in [-0.15, -0.1) is 0 Å². The van der Waals surface area contributed by atoms with Crippen molar-refractivity contribution in [2.24, 2.45) is 16.6 Å². The third kappa shape index (κ3) is 10.2. The monoisotopic (exact) mass is 431 g/mol. The third-order valence-corrected chi connectivity index (χ3v) is 5.74. The number of unbranched alkanes of at least 4 members (excludes halogenated alkanes) is 1. The fraction of sp³-hybridized carbons (Fsp3) is 0.667. The lowest BCUT2D eigenvalue weighted by Gasteiger charge is -2.30. The van der Waals surface area contributed by atoms with Gasteiger partial charge in [0.2, 0.25) is 5.91 Å². The summed E-state index contributed by atoms with van der Waals surface area (Å²) >= 11 is 0. The van der Waals surface area contributed by atoms with Crippen LogP contribution in [0.5, 0.6) is 0 Å². The highest BCUT2D eigenvalue weighted by Gasteiger charge is 2.22. The maximum Gasteiger partial charge on any atom is 0.220 e. The first-order valence-corrected chi connectivity index (χ1v) is 11.8. The predicted molar refractivity (Wildman–Crippen MR) is 127 cm³/mol. The molecule has 1 saturated heterocycles. The van der Waals surface area contributed by atoms with Crippen molar-refractivity contribution >= 4 is 11.9 Å². The first kappa shape index (κ1) is 25.1. The van der Waals surface area contributed by atoms with Crippen molar-refractivity contribution in [3.63, 3.8) is 0 Å². The van der Waals surface area contributed by atoms with Gasteiger partial charge in [0.15, 0.2) is 5.96 Å². The molecule has 2 rings (SSSR count). The molecule has 1 aliphatic rings. The Labute approximate surface area is 187 Å². The van der Waals surface area contributed by atoms with Gasteiger partial charge in [-0.05, 0) is 71.1 Å². The van der Waals surface area contributed by atoms with Crippen LogP contribution in [-0.4, -0.2) is 62.6 Å². The predicted octanol–water partition coefficient (Wildman–Crippen LogP) is 2.69. The van der Waals surface area contributed by atoms with Crippen LogP contribution in [0.15, 0.2) is 35.3 Å². The summed E-state index contributed by atoms with van der Waals surface area (Å²) in [6.45, 7) is 10.4. The molecule has 1 heterocycles. The summed E-state index contributed by atoms with van der Waals surface area (Å²) in [4.78, 5) is 18.3. The number of guanidine groups is 1. The molecule has 1 aliphatic heterocycles. The molecule has 0 radical (unpaired) electrons. The number of amides is 1. The van der Waals surface area contributed by atoms with Crippen molar-refractivity contribution in [1.29, 1.82) is 0 Å². The number of carbonyl (C=O) groups is 1. The number of nitrogens with zero attached hydrogens (tertiary/aromatic N) is 2. The Morgan fingerprint density at radius 3 is 2.61 bits per heavy atom. The quantitative estimate of drug-likeness (QED) is 0.254. The Balaban J connectivity index is 1.55. The van der Waals surface area contributed by atoms with E-state index in [-0.39, 0.29) is 17.9 Å². The normalized spacial score (nSPS) is 16.8. The zero-order valence-electron chi connectivity index (χ0n) is 19.3. The van der Waals surface area contributed by atoms with Crippen LogP contribution >= 0.6 is 0 Å². The molecule has 7 nitrogen and oxygen atoms in total. The van der Waals surface area contributed by atoms with Crippen molar-refractivity contribution in [3.05, 3.63) is 35.9 Å². The number of likely N-dealkylation sites (tertiary alicyclic amines) is 1. The van der Waals surface area contributed by atoms with Gasteiger partial charge in [-0.3, -0.25) is 9.79 Å². The second kappa shape index (κ2) is 14.8. The second-order valence-electron chi connectivity index (χ2n) is 8.19. The van der Waals surface area contributed by atoms with Gasteiger partial charge < -0.3 is 26.0 Å². The minimum atomic E-state index is -0.142. The van der Waals surface area contributed by atoms with E-state index >= 15 is 0 Å². The topological polar surface area (TPSA) is 92.0 Å². The molecular weight excluding hydrogens is 390 g/mol. The molecule has 7 heteroatoms. The van der Waals surface area contributed by atoms with Gasteiger partial charge >= 0.3 is 0 Å². The number of hydrogen-bond acceptors (Lipinski definition) is 4. The van der Waals surface area contributed by atoms with Crippen molar-refractivity contribution in [2.45, 2.75) is 52.1 Å². The summed E-state index contributed by atoms with van der Waals surface area (Å²) in [5, 5.41) is 6.73. The highest BCUT2D eigenvalue weighted by Crippen LogP contribution is 2.17. The summed E-state index contributed by atoms with van der Waals surface area (Å²) in [5.41, 5.74) is 6.61. The summed E-state index contributed by atoms with van der Waals surface area (Å²) < 4.78 is 5.92. The van der Waals surface area contributed by atoms with Crippen LogP contribution in [0.2, 0.25) is 0 Å². The zero-order valence-corrected chi connectivity index (χ0v) is 19.3. The Bertz CT molecular complexity index is 645. The molecule has 4 N–H and O–H groups in total. The fourth-order valence-electron chi connectivity index (χ4n) is 3.79. The number of hydrogen-bond donors (Lipinski definition) is 3. The first-order valence-electron chi connectivity index (χ1n) is 11.8. The van der Waals surface area contributed by atoms with Gasteiger partial charge in [-0.2, -0.15) is 0 Å². The van der Waals surface area contributed by atoms with Gasteiger partial charge in [0.1, 0.15) is 0 Å². The molecule has 31 heavy (non-hydrogen) atoms. The SMILES string of the molecule is CCNC(=NCCCOC(C)c1ccccc1)NCCCCN1CCC(C(N)=O)CC1. The van der Waals surface area contributed by atoms with E-state index in [4.69, 9.17) is 10.5 Å². The minimum absolute atomic E-state index is 0.0729. The highest BCUT2D eigenvalue weighted by atomic mass is 16.5. The second-order valence-corrected chi connectivity index (χ2v) is 8.19. The molecule has 0 aromatic heterocycles. The Morgan fingerprint density at radius 2 is 1.94 bits per heavy atom. The number of carbonyl (C=O) groups excluding carboxylic acids is 1. The molecule has 0 bridgehead atoms. The molecule has 1 unspecified atom stereocenters. The van der Waals surface area contributed by atoms with E-state index in [1.807, 2.05) is 18.2 Å². The molecular formula is C24H41N5O2. The van der Waals surface area contributed by atoms with Crippen molar-refractivity contribution < 1.29 is 9.53 Å². The number of piperidine rings is 1. The molecule has 1 aromatic rings. The number of nitrogens with one attached hydrogen (secondary N) is 2. The minimum Gasteiger partial charge on any atom is -0.374 e. The van der Waals surface area contributed by atoms with Gasteiger partial charge in [-0.1, -0.05) is 30.3 Å². The van der Waals surface area contributed by atoms with Crippen molar-refractivity contribution in [3.8, 4) is 0 Å². The van der Waals surface area contributed by atoms with Gasteiger partial charge in [0.05, 0.1) is 6.10 Å². The van der Waals surface area contributed by atoms with Gasteiger partial charge in [-0.25, -0.2) is 0 Å². The summed E-state index contributed by atoms with van der Waals surface area (Å²) in [6, 6.07) is 10.3. The van der Waals surface area contributed by atoms with E-state index in [0.29, 0.717) is 6.61 Å². The summed E-state index contributed by atoms with van der Waals surface area (Å²) in [7, 11) is 0. The standard InChI is InChI=1S/C24H41N5O2/c1-3-26-24(28-15-9-19-31-20(2)21-10-5-4-6-11-21)27-14-7-8-16-29-17-12-22(13-18-29)23(25)30/h4-6,10-11,20,22H,3,7-9,12-19H2,1-2H3,(H2,25,30)(H2,26,27,28). The molecule has 0 spiro atoms. The van der Waals surface area contributed by atoms with E-state index in [2.05, 4.69) is 46.5 Å². The maximum atomic E-state index is 11.2. The van der Waals surface area contributed by atoms with Crippen LogP contribution in [-0.2, 0) is 9.53 Å². The molecule has 1 fully saturated rings. The third-order valence-electron chi connectivity index (χ3n) is 5.74. The van der Waals surface area contributed by atoms with Crippen LogP contribution in [0.25, 0.3) is 0 Å². The maximum absolute atomic E-state index is 11.2. The molecule has 0 aliphatic carbocycles. The van der Waals surface area contributed by atoms with Crippen LogP contribution in [0.4, 0.5) is 0 Å². The number of ether oxygens (including phenoxy) is 1. The average Bonchev–Trinajstić information content (AvgIpc) is 2.79. The lowest BCUT2D eigenvalue weighted by Crippen LogP contribution is -2.39. The number of benzene rings is 1. The number of aliphatic imine (C=N–C) groups is 1. The Morgan fingerprint density at radius 1 is 1.19 bits per heavy atom. The molecule has 174 valence electrons. The average molecular weight is 432 g/mol. The van der Waals surface area contributed by atoms with E-state index in [0.717, 1.165) is 77.3 Å². The van der Waals surface area contributed by atoms with E-state index in [1.165, 1.54) is 5.56 Å². The van der Waals surface area contributed by atoms with Crippen molar-refractivity contribution in [2.75, 3.05) is 45.9 Å². The summed E-state index contributed by atoms with van der Waals surface area (Å²) in [6.07, 6.45) is 5.04. The first-order chi connectivity index (χ1) is 15.1. The van der Waals surface area contributed by atoms with Gasteiger partial charge in [0, 0.05) is 32.2 Å². The summed E-state index contributed by atoms with van der Waals surface area (Å²) in [5.74, 6) is 0.806. The molecule has 0 saturated carbocycles. The van der Waals surface area contributed by atoms with Crippen LogP contribution in [0.1, 0.15) is 57.6 Å². The Kier molecular flexibility index (Phi) is 12.0. The largest absolute Gasteiger partial charge is 0.374 e. The van der Waals surface area contributed by atoms with Crippen LogP contribution < -0.4 is 16.4 Å². The van der Waals surface area contributed by atoms with Gasteiger partial charge in [0.25, 0.3) is 0 Å². The Hall–Kier alpha value is -2.12. The fourth-order valence-corrected chi connectivity index (χ4v) is 3.79. The number of primary amides is 1.